The van der Waals surface area contributed by atoms with Crippen LogP contribution in [0.25, 0.3) is 22.3 Å². The van der Waals surface area contributed by atoms with E-state index in [0.717, 1.165) is 24.0 Å². The van der Waals surface area contributed by atoms with Gasteiger partial charge < -0.3 is 20.1 Å². The maximum absolute atomic E-state index is 14.4. The lowest BCUT2D eigenvalue weighted by atomic mass is 10.1. The molecule has 2 N–H and O–H groups in total. The molecule has 2 aromatic carbocycles. The highest BCUT2D eigenvalue weighted by atomic mass is 19.1. The van der Waals surface area contributed by atoms with Gasteiger partial charge >= 0.3 is 0 Å². The van der Waals surface area contributed by atoms with Crippen LogP contribution < -0.4 is 15.2 Å². The molecule has 4 heterocycles. The molecule has 1 aliphatic heterocycles. The number of nitrogens with two attached hydrogens (primary N) is 1. The number of aryl methyl sites for hydroxylation is 1. The van der Waals surface area contributed by atoms with Crippen molar-refractivity contribution in [3.05, 3.63) is 78.4 Å². The summed E-state index contributed by atoms with van der Waals surface area (Å²) in [6.45, 7) is 4.75. The average molecular weight is 593 g/mol. The van der Waals surface area contributed by atoms with Crippen LogP contribution in [0.4, 0.5) is 10.2 Å². The molecule has 11 nitrogen and oxygen atoms in total. The number of hydrogen-bond acceptors (Lipinski definition) is 9. The van der Waals surface area contributed by atoms with Gasteiger partial charge in [-0.05, 0) is 56.9 Å². The Kier molecular flexibility index (Phi) is 8.01. The molecular formula is C32H29FN8O3. The highest BCUT2D eigenvalue weighted by Gasteiger charge is 2.28. The number of likely N-dealkylation sites (tertiary alicyclic amines) is 1. The number of halogens is 1. The number of carbonyl (C=O) groups is 1. The van der Waals surface area contributed by atoms with Crippen molar-refractivity contribution in [2.45, 2.75) is 39.3 Å². The van der Waals surface area contributed by atoms with Gasteiger partial charge in [0, 0.05) is 54.8 Å². The SMILES string of the molecule is CC#CC(=O)N1CCC[C@@H](n2nc(-c3ccc(Oc4cc(F)cc(OCc5cnc(C)nc5)c4)cc3)c3c(N)ncnc32)C1. The first-order valence-corrected chi connectivity index (χ1v) is 14.1. The van der Waals surface area contributed by atoms with E-state index < -0.39 is 5.82 Å². The van der Waals surface area contributed by atoms with E-state index in [1.807, 2.05) is 16.8 Å². The molecular weight excluding hydrogens is 563 g/mol. The molecule has 1 aliphatic rings. The summed E-state index contributed by atoms with van der Waals surface area (Å²) in [5, 5.41) is 5.54. The third kappa shape index (κ3) is 6.12. The van der Waals surface area contributed by atoms with Crippen LogP contribution in [-0.4, -0.2) is 53.6 Å². The van der Waals surface area contributed by atoms with Crippen molar-refractivity contribution in [1.82, 2.24) is 34.6 Å². The fourth-order valence-corrected chi connectivity index (χ4v) is 5.13. The van der Waals surface area contributed by atoms with Crippen molar-refractivity contribution in [2.75, 3.05) is 18.8 Å². The molecule has 222 valence electrons. The summed E-state index contributed by atoms with van der Waals surface area (Å²) in [5.74, 6) is 6.67. The van der Waals surface area contributed by atoms with Crippen LogP contribution in [0.5, 0.6) is 17.2 Å². The Balaban J connectivity index is 1.22. The van der Waals surface area contributed by atoms with Gasteiger partial charge in [0.05, 0.1) is 11.4 Å². The molecule has 44 heavy (non-hydrogen) atoms. The number of hydrogen-bond donors (Lipinski definition) is 1. The highest BCUT2D eigenvalue weighted by molar-refractivity contribution is 5.98. The van der Waals surface area contributed by atoms with Crippen LogP contribution in [0, 0.1) is 24.6 Å². The first-order valence-electron chi connectivity index (χ1n) is 14.1. The average Bonchev–Trinajstić information content (AvgIpc) is 3.42. The Morgan fingerprint density at radius 3 is 2.61 bits per heavy atom. The van der Waals surface area contributed by atoms with Crippen molar-refractivity contribution in [1.29, 1.82) is 0 Å². The summed E-state index contributed by atoms with van der Waals surface area (Å²) < 4.78 is 27.9. The van der Waals surface area contributed by atoms with E-state index in [4.69, 9.17) is 20.3 Å². The minimum absolute atomic E-state index is 0.0950. The number of piperidine rings is 1. The predicted octanol–water partition coefficient (Wildman–Crippen LogP) is 4.87. The first-order chi connectivity index (χ1) is 21.4. The van der Waals surface area contributed by atoms with Crippen LogP contribution in [0.15, 0.2) is 61.2 Å². The molecule has 0 bridgehead atoms. The number of nitrogens with zero attached hydrogens (tertiary/aromatic N) is 7. The molecule has 0 saturated carbocycles. The fourth-order valence-electron chi connectivity index (χ4n) is 5.13. The maximum Gasteiger partial charge on any atom is 0.298 e. The summed E-state index contributed by atoms with van der Waals surface area (Å²) in [4.78, 5) is 31.2. The van der Waals surface area contributed by atoms with Gasteiger partial charge in [0.1, 0.15) is 53.3 Å². The van der Waals surface area contributed by atoms with Gasteiger partial charge in [-0.2, -0.15) is 5.10 Å². The minimum atomic E-state index is -0.494. The monoisotopic (exact) mass is 592 g/mol. The number of anilines is 1. The number of rotatable bonds is 7. The van der Waals surface area contributed by atoms with E-state index in [1.165, 1.54) is 18.5 Å². The summed E-state index contributed by atoms with van der Waals surface area (Å²) in [7, 11) is 0. The lowest BCUT2D eigenvalue weighted by molar-refractivity contribution is -0.126. The normalized spacial score (nSPS) is 14.6. The van der Waals surface area contributed by atoms with E-state index >= 15 is 0 Å². The second kappa shape index (κ2) is 12.3. The molecule has 0 spiro atoms. The topological polar surface area (TPSA) is 134 Å². The second-order valence-corrected chi connectivity index (χ2v) is 10.3. The van der Waals surface area contributed by atoms with Crippen molar-refractivity contribution in [3.63, 3.8) is 0 Å². The van der Waals surface area contributed by atoms with Gasteiger partial charge in [-0.25, -0.2) is 29.0 Å². The molecule has 1 amide bonds. The molecule has 1 atom stereocenters. The molecule has 12 heteroatoms. The van der Waals surface area contributed by atoms with E-state index in [-0.39, 0.29) is 24.3 Å². The molecule has 3 aromatic heterocycles. The van der Waals surface area contributed by atoms with E-state index in [1.54, 1.807) is 49.3 Å². The lowest BCUT2D eigenvalue weighted by Gasteiger charge is -2.31. The Hall–Kier alpha value is -5.57. The van der Waals surface area contributed by atoms with Crippen molar-refractivity contribution in [2.24, 2.45) is 0 Å². The fraction of sp³-hybridized carbons (Fsp3) is 0.250. The van der Waals surface area contributed by atoms with Crippen molar-refractivity contribution >= 4 is 22.8 Å². The summed E-state index contributed by atoms with van der Waals surface area (Å²) in [5.41, 5.74) is 9.06. The highest BCUT2D eigenvalue weighted by Crippen LogP contribution is 2.35. The van der Waals surface area contributed by atoms with Gasteiger partial charge in [-0.3, -0.25) is 4.79 Å². The van der Waals surface area contributed by atoms with Gasteiger partial charge in [0.2, 0.25) is 0 Å². The largest absolute Gasteiger partial charge is 0.489 e. The predicted molar refractivity (Wildman–Crippen MR) is 161 cm³/mol. The van der Waals surface area contributed by atoms with Gasteiger partial charge in [0.25, 0.3) is 5.91 Å². The number of amides is 1. The number of fused-ring (bicyclic) bond motifs is 1. The Labute approximate surface area is 252 Å². The van der Waals surface area contributed by atoms with Crippen LogP contribution >= 0.6 is 0 Å². The quantitative estimate of drug-likeness (QED) is 0.263. The Morgan fingerprint density at radius 1 is 1.07 bits per heavy atom. The third-order valence-electron chi connectivity index (χ3n) is 7.23. The van der Waals surface area contributed by atoms with Crippen LogP contribution in [-0.2, 0) is 11.4 Å². The number of benzene rings is 2. The second-order valence-electron chi connectivity index (χ2n) is 10.3. The van der Waals surface area contributed by atoms with Crippen molar-refractivity contribution in [3.8, 4) is 40.3 Å². The number of carbonyl (C=O) groups excluding carboxylic acids is 1. The Morgan fingerprint density at radius 2 is 1.84 bits per heavy atom. The van der Waals surface area contributed by atoms with Crippen LogP contribution in [0.2, 0.25) is 0 Å². The number of nitrogen functional groups attached to an aromatic ring is 1. The van der Waals surface area contributed by atoms with Gasteiger partial charge in [-0.15, -0.1) is 0 Å². The lowest BCUT2D eigenvalue weighted by Crippen LogP contribution is -2.40. The molecule has 0 unspecified atom stereocenters. The van der Waals surface area contributed by atoms with Gasteiger partial charge in [0.15, 0.2) is 5.65 Å². The molecule has 5 aromatic rings. The molecule has 6 rings (SSSR count). The summed E-state index contributed by atoms with van der Waals surface area (Å²) >= 11 is 0. The zero-order valence-electron chi connectivity index (χ0n) is 24.2. The number of ether oxygens (including phenoxy) is 2. The van der Waals surface area contributed by atoms with Crippen LogP contribution in [0.3, 0.4) is 0 Å². The first kappa shape index (κ1) is 28.5. The van der Waals surface area contributed by atoms with Crippen LogP contribution in [0.1, 0.15) is 37.2 Å². The standard InChI is InChI=1S/C32H29FN8O3/c1-3-5-28(42)40-11-4-6-24(17-40)41-32-29(31(34)37-19-38-32)30(39-41)22-7-9-25(10-8-22)44-27-13-23(33)12-26(14-27)43-18-21-15-35-20(2)36-16-21/h7-10,12-16,19,24H,4,6,11,17-18H2,1-2H3,(H2,34,37,38)/t24-/m1/s1. The summed E-state index contributed by atoms with van der Waals surface area (Å²) in [6, 6.07) is 11.3. The minimum Gasteiger partial charge on any atom is -0.489 e. The molecule has 1 saturated heterocycles. The smallest absolute Gasteiger partial charge is 0.298 e. The van der Waals surface area contributed by atoms with Crippen molar-refractivity contribution < 1.29 is 18.7 Å². The summed E-state index contributed by atoms with van der Waals surface area (Å²) in [6.07, 6.45) is 6.39. The zero-order valence-corrected chi connectivity index (χ0v) is 24.2. The van der Waals surface area contributed by atoms with E-state index in [2.05, 4.69) is 31.8 Å². The van der Waals surface area contributed by atoms with Gasteiger partial charge in [-0.1, -0.05) is 5.92 Å². The zero-order chi connectivity index (χ0) is 30.6. The Bertz CT molecular complexity index is 1880. The molecule has 0 aliphatic carbocycles. The number of aromatic nitrogens is 6. The van der Waals surface area contributed by atoms with E-state index in [9.17, 15) is 9.18 Å². The van der Waals surface area contributed by atoms with E-state index in [0.29, 0.717) is 53.0 Å². The molecule has 1 fully saturated rings. The third-order valence-corrected chi connectivity index (χ3v) is 7.23. The maximum atomic E-state index is 14.4. The molecule has 0 radical (unpaired) electrons.